The van der Waals surface area contributed by atoms with E-state index in [9.17, 15) is 4.79 Å². The third kappa shape index (κ3) is 5.64. The maximum atomic E-state index is 10.8. The number of rotatable bonds is 9. The molecule has 0 aliphatic carbocycles. The second kappa shape index (κ2) is 9.40. The Bertz CT molecular complexity index is 413. The van der Waals surface area contributed by atoms with Crippen molar-refractivity contribution in [3.05, 3.63) is 29.3 Å². The Kier molecular flexibility index (Phi) is 7.78. The quantitative estimate of drug-likeness (QED) is 0.383. The molecule has 112 valence electrons. The van der Waals surface area contributed by atoms with Crippen LogP contribution in [0.25, 0.3) is 0 Å². The van der Waals surface area contributed by atoms with E-state index >= 15 is 0 Å². The predicted molar refractivity (Wildman–Crippen MR) is 81.6 cm³/mol. The van der Waals surface area contributed by atoms with E-state index in [-0.39, 0.29) is 0 Å². The van der Waals surface area contributed by atoms with Crippen LogP contribution in [0.1, 0.15) is 63.5 Å². The Labute approximate surface area is 122 Å². The monoisotopic (exact) mass is 278 g/mol. The van der Waals surface area contributed by atoms with E-state index in [4.69, 9.17) is 9.84 Å². The summed E-state index contributed by atoms with van der Waals surface area (Å²) in [6, 6.07) is 5.76. The molecule has 0 amide bonds. The van der Waals surface area contributed by atoms with Gasteiger partial charge in [0, 0.05) is 0 Å². The fourth-order valence-corrected chi connectivity index (χ4v) is 2.44. The van der Waals surface area contributed by atoms with Gasteiger partial charge in [0.05, 0.1) is 0 Å². The normalized spacial score (nSPS) is 10.5. The van der Waals surface area contributed by atoms with E-state index in [0.717, 1.165) is 44.1 Å². The molecule has 3 heteroatoms. The topological polar surface area (TPSA) is 46.5 Å². The molecule has 3 nitrogen and oxygen atoms in total. The molecule has 1 N–H and O–H groups in total. The van der Waals surface area contributed by atoms with Crippen molar-refractivity contribution in [1.29, 1.82) is 0 Å². The first kappa shape index (κ1) is 16.5. The first-order chi connectivity index (χ1) is 9.69. The van der Waals surface area contributed by atoms with Crippen LogP contribution in [-0.4, -0.2) is 11.3 Å². The molecule has 0 radical (unpaired) electrons. The first-order valence-corrected chi connectivity index (χ1v) is 7.70. The average molecular weight is 278 g/mol. The number of carbonyl (C=O) groups is 1. The molecule has 20 heavy (non-hydrogen) atoms. The molecule has 0 atom stereocenters. The lowest BCUT2D eigenvalue weighted by atomic mass is 9.96. The molecular weight excluding hydrogens is 252 g/mol. The molecule has 1 aromatic carbocycles. The third-order valence-corrected chi connectivity index (χ3v) is 3.51. The zero-order valence-electron chi connectivity index (χ0n) is 12.7. The molecule has 0 unspecified atom stereocenters. The van der Waals surface area contributed by atoms with Gasteiger partial charge < -0.3 is 9.84 Å². The van der Waals surface area contributed by atoms with E-state index in [2.05, 4.69) is 19.9 Å². The van der Waals surface area contributed by atoms with Crippen LogP contribution < -0.4 is 4.74 Å². The minimum Gasteiger partial charge on any atom is -0.449 e. The summed E-state index contributed by atoms with van der Waals surface area (Å²) in [5.74, 6) is 0.516. The fourth-order valence-electron chi connectivity index (χ4n) is 2.44. The molecule has 1 rings (SSSR count). The summed E-state index contributed by atoms with van der Waals surface area (Å²) in [5, 5.41) is 8.85. The average Bonchev–Trinajstić information content (AvgIpc) is 2.41. The second-order valence-electron chi connectivity index (χ2n) is 5.18. The summed E-state index contributed by atoms with van der Waals surface area (Å²) in [6.07, 6.45) is 7.63. The molecule has 0 aliphatic rings. The summed E-state index contributed by atoms with van der Waals surface area (Å²) in [5.41, 5.74) is 2.33. The summed E-state index contributed by atoms with van der Waals surface area (Å²) >= 11 is 0. The molecular formula is C17H26O3. The Balaban J connectivity index is 2.85. The van der Waals surface area contributed by atoms with Gasteiger partial charge in [0.15, 0.2) is 0 Å². The smallest absolute Gasteiger partial charge is 0.449 e. The van der Waals surface area contributed by atoms with Crippen LogP contribution in [0.4, 0.5) is 4.79 Å². The minimum atomic E-state index is -1.23. The lowest BCUT2D eigenvalue weighted by Crippen LogP contribution is -2.07. The van der Waals surface area contributed by atoms with E-state index in [1.807, 2.05) is 6.07 Å². The van der Waals surface area contributed by atoms with Gasteiger partial charge >= 0.3 is 6.16 Å². The highest BCUT2D eigenvalue weighted by molar-refractivity contribution is 5.62. The molecule has 0 aliphatic heterocycles. The highest BCUT2D eigenvalue weighted by Gasteiger charge is 2.12. The minimum absolute atomic E-state index is 0.516. The predicted octanol–water partition coefficient (Wildman–Crippen LogP) is 5.21. The number of hydrogen-bond donors (Lipinski definition) is 1. The van der Waals surface area contributed by atoms with E-state index < -0.39 is 6.16 Å². The molecule has 0 bridgehead atoms. The highest BCUT2D eigenvalue weighted by atomic mass is 16.7. The summed E-state index contributed by atoms with van der Waals surface area (Å²) in [4.78, 5) is 10.8. The number of hydrogen-bond acceptors (Lipinski definition) is 2. The molecule has 0 saturated heterocycles. The lowest BCUT2D eigenvalue weighted by Gasteiger charge is -2.13. The molecule has 1 aromatic rings. The van der Waals surface area contributed by atoms with Crippen LogP contribution in [0.2, 0.25) is 0 Å². The SMILES string of the molecule is CCCCCc1cccc(OC(=O)O)c1CCCCC. The molecule has 0 saturated carbocycles. The third-order valence-electron chi connectivity index (χ3n) is 3.51. The van der Waals surface area contributed by atoms with Gasteiger partial charge in [0.1, 0.15) is 5.75 Å². The van der Waals surface area contributed by atoms with Crippen LogP contribution in [0.5, 0.6) is 5.75 Å². The number of aryl methyl sites for hydroxylation is 1. The largest absolute Gasteiger partial charge is 0.511 e. The van der Waals surface area contributed by atoms with Gasteiger partial charge in [-0.2, -0.15) is 0 Å². The van der Waals surface area contributed by atoms with Gasteiger partial charge in [0.2, 0.25) is 0 Å². The molecule has 0 heterocycles. The molecule has 0 spiro atoms. The van der Waals surface area contributed by atoms with Crippen molar-refractivity contribution in [1.82, 2.24) is 0 Å². The van der Waals surface area contributed by atoms with Crippen molar-refractivity contribution in [2.24, 2.45) is 0 Å². The van der Waals surface area contributed by atoms with Crippen LogP contribution in [0.3, 0.4) is 0 Å². The van der Waals surface area contributed by atoms with Gasteiger partial charge in [-0.05, 0) is 42.9 Å². The van der Waals surface area contributed by atoms with Crippen molar-refractivity contribution in [2.75, 3.05) is 0 Å². The Morgan fingerprint density at radius 2 is 1.70 bits per heavy atom. The number of unbranched alkanes of at least 4 members (excludes halogenated alkanes) is 4. The maximum absolute atomic E-state index is 10.8. The zero-order valence-corrected chi connectivity index (χ0v) is 12.7. The summed E-state index contributed by atoms with van der Waals surface area (Å²) < 4.78 is 4.94. The summed E-state index contributed by atoms with van der Waals surface area (Å²) in [6.45, 7) is 4.36. The molecule has 0 fully saturated rings. The van der Waals surface area contributed by atoms with Gasteiger partial charge in [-0.25, -0.2) is 4.79 Å². The molecule has 0 aromatic heterocycles. The van der Waals surface area contributed by atoms with Gasteiger partial charge in [-0.15, -0.1) is 0 Å². The Hall–Kier alpha value is -1.51. The van der Waals surface area contributed by atoms with Gasteiger partial charge in [0.25, 0.3) is 0 Å². The lowest BCUT2D eigenvalue weighted by molar-refractivity contribution is 0.144. The highest BCUT2D eigenvalue weighted by Crippen LogP contribution is 2.26. The standard InChI is InChI=1S/C17H26O3/c1-3-5-7-10-14-11-9-13-16(20-17(18)19)15(14)12-8-6-4-2/h9,11,13H,3-8,10,12H2,1-2H3,(H,18,19). The fraction of sp³-hybridized carbons (Fsp3) is 0.588. The number of ether oxygens (including phenoxy) is 1. The van der Waals surface area contributed by atoms with E-state index in [1.54, 1.807) is 6.07 Å². The van der Waals surface area contributed by atoms with E-state index in [1.165, 1.54) is 18.4 Å². The van der Waals surface area contributed by atoms with Crippen molar-refractivity contribution in [3.63, 3.8) is 0 Å². The second-order valence-corrected chi connectivity index (χ2v) is 5.18. The Morgan fingerprint density at radius 1 is 1.05 bits per heavy atom. The van der Waals surface area contributed by atoms with Gasteiger partial charge in [-0.3, -0.25) is 0 Å². The van der Waals surface area contributed by atoms with Crippen molar-refractivity contribution >= 4 is 6.16 Å². The van der Waals surface area contributed by atoms with Crippen molar-refractivity contribution in [3.8, 4) is 5.75 Å². The zero-order chi connectivity index (χ0) is 14.8. The maximum Gasteiger partial charge on any atom is 0.511 e. The number of benzene rings is 1. The van der Waals surface area contributed by atoms with Crippen LogP contribution >= 0.6 is 0 Å². The van der Waals surface area contributed by atoms with Crippen LogP contribution in [-0.2, 0) is 12.8 Å². The van der Waals surface area contributed by atoms with Crippen LogP contribution in [0, 0.1) is 0 Å². The summed E-state index contributed by atoms with van der Waals surface area (Å²) in [7, 11) is 0. The van der Waals surface area contributed by atoms with Crippen molar-refractivity contribution < 1.29 is 14.6 Å². The van der Waals surface area contributed by atoms with Crippen LogP contribution in [0.15, 0.2) is 18.2 Å². The van der Waals surface area contributed by atoms with Crippen molar-refractivity contribution in [2.45, 2.75) is 65.2 Å². The Morgan fingerprint density at radius 3 is 2.30 bits per heavy atom. The number of carboxylic acid groups (broad SMARTS) is 1. The van der Waals surface area contributed by atoms with Gasteiger partial charge in [-0.1, -0.05) is 51.7 Å². The first-order valence-electron chi connectivity index (χ1n) is 7.70. The van der Waals surface area contributed by atoms with E-state index in [0.29, 0.717) is 5.75 Å².